The van der Waals surface area contributed by atoms with Crippen LogP contribution < -0.4 is 10.6 Å². The Morgan fingerprint density at radius 2 is 2.11 bits per heavy atom. The van der Waals surface area contributed by atoms with Crippen LogP contribution in [0.4, 0.5) is 0 Å². The summed E-state index contributed by atoms with van der Waals surface area (Å²) in [4.78, 5) is 3.12. The Morgan fingerprint density at radius 1 is 1.28 bits per heavy atom. The fourth-order valence-electron chi connectivity index (χ4n) is 2.03. The summed E-state index contributed by atoms with van der Waals surface area (Å²) in [7, 11) is 0. The van der Waals surface area contributed by atoms with Gasteiger partial charge in [-0.3, -0.25) is 0 Å². The molecule has 4 heteroatoms. The van der Waals surface area contributed by atoms with Gasteiger partial charge in [-0.1, -0.05) is 0 Å². The zero-order valence-corrected chi connectivity index (χ0v) is 13.3. The normalized spacial score (nSPS) is 15.7. The molecule has 2 rings (SSSR count). The van der Waals surface area contributed by atoms with E-state index in [0.29, 0.717) is 0 Å². The third-order valence-corrected chi connectivity index (χ3v) is 5.18. The third kappa shape index (κ3) is 4.57. The topological polar surface area (TPSA) is 24.1 Å². The van der Waals surface area contributed by atoms with Crippen molar-refractivity contribution in [3.63, 3.8) is 0 Å². The van der Waals surface area contributed by atoms with E-state index in [1.807, 2.05) is 11.3 Å². The number of thiophene rings is 1. The maximum absolute atomic E-state index is 3.52. The first kappa shape index (κ1) is 14.4. The molecule has 0 fully saturated rings. The second-order valence-corrected chi connectivity index (χ2v) is 8.14. The molecule has 1 aliphatic heterocycles. The van der Waals surface area contributed by atoms with Gasteiger partial charge in [0.2, 0.25) is 0 Å². The van der Waals surface area contributed by atoms with Gasteiger partial charge in [-0.15, -0.1) is 11.3 Å². The molecule has 0 aromatic carbocycles. The van der Waals surface area contributed by atoms with Crippen LogP contribution in [0.2, 0.25) is 0 Å². The summed E-state index contributed by atoms with van der Waals surface area (Å²) in [5.41, 5.74) is 1.81. The summed E-state index contributed by atoms with van der Waals surface area (Å²) in [6, 6.07) is 2.40. The Kier molecular flexibility index (Phi) is 5.13. The number of nitrogens with one attached hydrogen (secondary N) is 2. The van der Waals surface area contributed by atoms with E-state index in [0.717, 1.165) is 19.6 Å². The molecule has 0 radical (unpaired) electrons. The zero-order chi connectivity index (χ0) is 13.0. The van der Waals surface area contributed by atoms with Crippen LogP contribution in [0.3, 0.4) is 0 Å². The Balaban J connectivity index is 1.69. The molecule has 0 saturated heterocycles. The molecule has 0 saturated carbocycles. The Bertz CT molecular complexity index is 356. The second kappa shape index (κ2) is 6.42. The van der Waals surface area contributed by atoms with Crippen molar-refractivity contribution < 1.29 is 0 Å². The monoisotopic (exact) mass is 284 g/mol. The van der Waals surface area contributed by atoms with Crippen LogP contribution in [0, 0.1) is 0 Å². The SMILES string of the molecule is CC(C)(C)NCCNCc1cc2c(s1)CCSC2. The average Bonchev–Trinajstić information content (AvgIpc) is 2.69. The van der Waals surface area contributed by atoms with Crippen LogP contribution in [0.1, 0.15) is 36.1 Å². The van der Waals surface area contributed by atoms with Gasteiger partial charge in [-0.25, -0.2) is 0 Å². The third-order valence-electron chi connectivity index (χ3n) is 2.94. The number of aryl methyl sites for hydroxylation is 1. The van der Waals surface area contributed by atoms with E-state index in [1.165, 1.54) is 22.8 Å². The summed E-state index contributed by atoms with van der Waals surface area (Å²) in [5.74, 6) is 2.52. The minimum atomic E-state index is 0.223. The highest BCUT2D eigenvalue weighted by molar-refractivity contribution is 7.98. The van der Waals surface area contributed by atoms with Gasteiger partial charge in [-0.05, 0) is 44.6 Å². The van der Waals surface area contributed by atoms with E-state index in [-0.39, 0.29) is 5.54 Å². The molecule has 0 aliphatic carbocycles. The lowest BCUT2D eigenvalue weighted by molar-refractivity contribution is 0.422. The van der Waals surface area contributed by atoms with Gasteiger partial charge in [0, 0.05) is 40.7 Å². The zero-order valence-electron chi connectivity index (χ0n) is 11.6. The largest absolute Gasteiger partial charge is 0.311 e. The van der Waals surface area contributed by atoms with Gasteiger partial charge in [0.1, 0.15) is 0 Å². The van der Waals surface area contributed by atoms with Gasteiger partial charge in [-0.2, -0.15) is 11.8 Å². The number of rotatable bonds is 5. The minimum Gasteiger partial charge on any atom is -0.311 e. The van der Waals surface area contributed by atoms with Crippen molar-refractivity contribution in [3.8, 4) is 0 Å². The lowest BCUT2D eigenvalue weighted by Crippen LogP contribution is -2.40. The first-order valence-corrected chi connectivity index (χ1v) is 8.66. The van der Waals surface area contributed by atoms with E-state index in [9.17, 15) is 0 Å². The smallest absolute Gasteiger partial charge is 0.0300 e. The van der Waals surface area contributed by atoms with Gasteiger partial charge < -0.3 is 10.6 Å². The number of thioether (sulfide) groups is 1. The van der Waals surface area contributed by atoms with Gasteiger partial charge in [0.15, 0.2) is 0 Å². The molecule has 0 atom stereocenters. The molecule has 0 amide bonds. The van der Waals surface area contributed by atoms with Crippen molar-refractivity contribution in [2.45, 2.75) is 45.0 Å². The first-order chi connectivity index (χ1) is 8.54. The van der Waals surface area contributed by atoms with Crippen molar-refractivity contribution in [2.24, 2.45) is 0 Å². The van der Waals surface area contributed by atoms with Gasteiger partial charge in [0.05, 0.1) is 0 Å². The van der Waals surface area contributed by atoms with Crippen LogP contribution >= 0.6 is 23.1 Å². The van der Waals surface area contributed by atoms with Crippen molar-refractivity contribution in [1.29, 1.82) is 0 Å². The first-order valence-electron chi connectivity index (χ1n) is 6.68. The number of fused-ring (bicyclic) bond motifs is 1. The fraction of sp³-hybridized carbons (Fsp3) is 0.714. The molecular weight excluding hydrogens is 260 g/mol. The predicted octanol–water partition coefficient (Wildman–Crippen LogP) is 3.02. The van der Waals surface area contributed by atoms with E-state index >= 15 is 0 Å². The highest BCUT2D eigenvalue weighted by Gasteiger charge is 2.13. The standard InChI is InChI=1S/C14H24N2S2/c1-14(2,3)16-6-5-15-9-12-8-11-10-17-7-4-13(11)18-12/h8,15-16H,4-7,9-10H2,1-3H3. The average molecular weight is 284 g/mol. The van der Waals surface area contributed by atoms with Crippen LogP contribution in [-0.4, -0.2) is 24.4 Å². The van der Waals surface area contributed by atoms with Gasteiger partial charge in [0.25, 0.3) is 0 Å². The molecule has 1 aromatic heterocycles. The quantitative estimate of drug-likeness (QED) is 0.813. The van der Waals surface area contributed by atoms with E-state index in [1.54, 1.807) is 10.4 Å². The van der Waals surface area contributed by atoms with E-state index in [4.69, 9.17) is 0 Å². The van der Waals surface area contributed by atoms with E-state index < -0.39 is 0 Å². The summed E-state index contributed by atoms with van der Waals surface area (Å²) >= 11 is 4.06. The Morgan fingerprint density at radius 3 is 2.83 bits per heavy atom. The van der Waals surface area contributed by atoms with Crippen LogP contribution in [0.15, 0.2) is 6.07 Å². The molecule has 0 bridgehead atoms. The van der Waals surface area contributed by atoms with Crippen molar-refractivity contribution in [1.82, 2.24) is 10.6 Å². The van der Waals surface area contributed by atoms with Crippen molar-refractivity contribution in [3.05, 3.63) is 21.4 Å². The summed E-state index contributed by atoms with van der Waals surface area (Å²) in [6.07, 6.45) is 1.27. The molecule has 102 valence electrons. The molecule has 1 aliphatic rings. The maximum atomic E-state index is 3.52. The molecular formula is C14H24N2S2. The van der Waals surface area contributed by atoms with Crippen LogP contribution in [-0.2, 0) is 18.7 Å². The molecule has 2 heterocycles. The second-order valence-electron chi connectivity index (χ2n) is 5.82. The highest BCUT2D eigenvalue weighted by atomic mass is 32.2. The van der Waals surface area contributed by atoms with Crippen LogP contribution in [0.25, 0.3) is 0 Å². The Hall–Kier alpha value is -0.0300. The van der Waals surface area contributed by atoms with E-state index in [2.05, 4.69) is 49.2 Å². The fourth-order valence-corrected chi connectivity index (χ4v) is 4.38. The van der Waals surface area contributed by atoms with Gasteiger partial charge >= 0.3 is 0 Å². The van der Waals surface area contributed by atoms with Crippen molar-refractivity contribution >= 4 is 23.1 Å². The highest BCUT2D eigenvalue weighted by Crippen LogP contribution is 2.31. The number of hydrogen-bond donors (Lipinski definition) is 2. The Labute approximate surface area is 119 Å². The molecule has 18 heavy (non-hydrogen) atoms. The molecule has 2 N–H and O–H groups in total. The lowest BCUT2D eigenvalue weighted by Gasteiger charge is -2.20. The maximum Gasteiger partial charge on any atom is 0.0300 e. The predicted molar refractivity (Wildman–Crippen MR) is 83.6 cm³/mol. The summed E-state index contributed by atoms with van der Waals surface area (Å²) in [5, 5.41) is 7.02. The summed E-state index contributed by atoms with van der Waals surface area (Å²) in [6.45, 7) is 9.71. The molecule has 1 aromatic rings. The molecule has 0 spiro atoms. The molecule has 2 nitrogen and oxygen atoms in total. The van der Waals surface area contributed by atoms with Crippen molar-refractivity contribution in [2.75, 3.05) is 18.8 Å². The number of hydrogen-bond acceptors (Lipinski definition) is 4. The molecule has 0 unspecified atom stereocenters. The minimum absolute atomic E-state index is 0.223. The van der Waals surface area contributed by atoms with Crippen LogP contribution in [0.5, 0.6) is 0 Å². The summed E-state index contributed by atoms with van der Waals surface area (Å²) < 4.78 is 0. The lowest BCUT2D eigenvalue weighted by atomic mass is 10.1.